The molecular weight excluding hydrogens is 654 g/mol. The van der Waals surface area contributed by atoms with Crippen molar-refractivity contribution in [1.29, 1.82) is 0 Å². The summed E-state index contributed by atoms with van der Waals surface area (Å²) < 4.78 is 20.2. The highest BCUT2D eigenvalue weighted by molar-refractivity contribution is 6.03. The number of anilines is 1. The molecule has 52 heavy (non-hydrogen) atoms. The predicted octanol–water partition coefficient (Wildman–Crippen LogP) is 7.18. The fourth-order valence-electron chi connectivity index (χ4n) is 7.42. The lowest BCUT2D eigenvalue weighted by atomic mass is 10.1. The van der Waals surface area contributed by atoms with Crippen molar-refractivity contribution in [3.05, 3.63) is 102 Å². The number of nitrogens with zero attached hydrogens (tertiary/aromatic N) is 5. The van der Waals surface area contributed by atoms with E-state index in [2.05, 4.69) is 56.9 Å². The molecule has 3 aliphatic heterocycles. The lowest BCUT2D eigenvalue weighted by Gasteiger charge is -2.28. The molecule has 4 heterocycles. The van der Waals surface area contributed by atoms with Crippen molar-refractivity contribution < 1.29 is 24.1 Å². The van der Waals surface area contributed by atoms with Crippen molar-refractivity contribution in [2.75, 3.05) is 44.4 Å². The lowest BCUT2D eigenvalue weighted by Crippen LogP contribution is -2.36. The molecular formula is C42H45N5O5. The third kappa shape index (κ3) is 7.26. The van der Waals surface area contributed by atoms with E-state index in [1.807, 2.05) is 47.5 Å². The van der Waals surface area contributed by atoms with Crippen LogP contribution in [0, 0.1) is 0 Å². The molecule has 268 valence electrons. The first kappa shape index (κ1) is 33.9. The van der Waals surface area contributed by atoms with Crippen LogP contribution in [-0.2, 0) is 24.5 Å². The molecule has 0 aliphatic carbocycles. The van der Waals surface area contributed by atoms with E-state index in [0.717, 1.165) is 105 Å². The molecule has 0 radical (unpaired) electrons. The zero-order chi connectivity index (χ0) is 35.3. The number of hydrogen-bond donors (Lipinski definition) is 1. The number of hydrogen-bond acceptors (Lipinski definition) is 8. The number of amides is 1. The van der Waals surface area contributed by atoms with E-state index in [1.54, 1.807) is 6.07 Å². The second-order valence-corrected chi connectivity index (χ2v) is 13.7. The number of aryl methyl sites for hydroxylation is 1. The van der Waals surface area contributed by atoms with Gasteiger partial charge in [-0.1, -0.05) is 30.3 Å². The van der Waals surface area contributed by atoms with Crippen molar-refractivity contribution in [3.8, 4) is 22.9 Å². The molecule has 1 aromatic heterocycles. The number of unbranched alkanes of at least 4 members (excludes halogenated alkanes) is 2. The van der Waals surface area contributed by atoms with Crippen molar-refractivity contribution in [1.82, 2.24) is 14.5 Å². The van der Waals surface area contributed by atoms with Gasteiger partial charge in [0.15, 0.2) is 0 Å². The van der Waals surface area contributed by atoms with E-state index in [1.165, 1.54) is 5.69 Å². The van der Waals surface area contributed by atoms with Gasteiger partial charge >= 0.3 is 0 Å². The monoisotopic (exact) mass is 699 g/mol. The molecule has 8 rings (SSSR count). The Bertz CT molecular complexity index is 2040. The minimum absolute atomic E-state index is 0.0213. The molecule has 1 amide bonds. The zero-order valence-electron chi connectivity index (χ0n) is 29.5. The van der Waals surface area contributed by atoms with Crippen LogP contribution in [0.25, 0.3) is 22.4 Å². The summed E-state index contributed by atoms with van der Waals surface area (Å²) in [6.45, 7) is 5.59. The average Bonchev–Trinajstić information content (AvgIpc) is 3.79. The third-order valence-electron chi connectivity index (χ3n) is 10.3. The summed E-state index contributed by atoms with van der Waals surface area (Å²) >= 11 is 0. The Labute approximate surface area is 304 Å². The fraction of sp³-hybridized carbons (Fsp3) is 0.357. The summed E-state index contributed by atoms with van der Waals surface area (Å²) in [7, 11) is 0. The van der Waals surface area contributed by atoms with Crippen LogP contribution in [0.3, 0.4) is 0 Å². The zero-order valence-corrected chi connectivity index (χ0v) is 29.5. The fourth-order valence-corrected chi connectivity index (χ4v) is 7.42. The van der Waals surface area contributed by atoms with Gasteiger partial charge in [-0.3, -0.25) is 9.79 Å². The van der Waals surface area contributed by atoms with Crippen LogP contribution in [0.5, 0.6) is 11.5 Å². The third-order valence-corrected chi connectivity index (χ3v) is 10.3. The number of aliphatic imine (C=N–C) groups is 1. The summed E-state index contributed by atoms with van der Waals surface area (Å²) in [5.74, 6) is 2.32. The Morgan fingerprint density at radius 3 is 2.56 bits per heavy atom. The standard InChI is InChI=1S/C42H45N5O5/c48-28-32-24-36-38(43-27-34-10-7-18-46(34)42(36)49)26-40(32)51-21-6-2-5-17-47-39-25-33(45-19-22-50-23-20-45)13-16-37(39)44-41(47)31-11-14-35(15-12-31)52-29-30-8-3-1-4-9-30/h1,3-4,8-9,11-16,24-27,34,48H,2,5-7,10,17-23,28-29H2/t34-/m0/s1. The first-order chi connectivity index (χ1) is 25.6. The number of aromatic nitrogens is 2. The van der Waals surface area contributed by atoms with Gasteiger partial charge in [0.2, 0.25) is 0 Å². The Hall–Kier alpha value is -5.19. The van der Waals surface area contributed by atoms with Crippen molar-refractivity contribution in [2.45, 2.75) is 57.9 Å². The van der Waals surface area contributed by atoms with Crippen LogP contribution in [0.1, 0.15) is 53.6 Å². The first-order valence-corrected chi connectivity index (χ1v) is 18.5. The van der Waals surface area contributed by atoms with E-state index in [4.69, 9.17) is 19.2 Å². The minimum atomic E-state index is -0.202. The maximum Gasteiger partial charge on any atom is 0.256 e. The number of aliphatic hydroxyl groups excluding tert-OH is 1. The highest BCUT2D eigenvalue weighted by Gasteiger charge is 2.32. The normalized spacial score (nSPS) is 16.9. The first-order valence-electron chi connectivity index (χ1n) is 18.5. The number of benzene rings is 4. The van der Waals surface area contributed by atoms with Gasteiger partial charge in [0.05, 0.1) is 54.8 Å². The van der Waals surface area contributed by atoms with Crippen LogP contribution in [0.4, 0.5) is 11.4 Å². The Morgan fingerprint density at radius 1 is 0.885 bits per heavy atom. The van der Waals surface area contributed by atoms with Crippen LogP contribution in [-0.4, -0.2) is 77.2 Å². The number of carbonyl (C=O) groups excluding carboxylic acids is 1. The predicted molar refractivity (Wildman–Crippen MR) is 203 cm³/mol. The summed E-state index contributed by atoms with van der Waals surface area (Å²) in [6, 6.07) is 28.6. The summed E-state index contributed by atoms with van der Waals surface area (Å²) in [5.41, 5.74) is 7.21. The van der Waals surface area contributed by atoms with Gasteiger partial charge in [-0.05, 0) is 86.2 Å². The number of imidazole rings is 1. The van der Waals surface area contributed by atoms with Crippen LogP contribution >= 0.6 is 0 Å². The molecule has 4 aromatic carbocycles. The Morgan fingerprint density at radius 2 is 1.73 bits per heavy atom. The largest absolute Gasteiger partial charge is 0.493 e. The number of ether oxygens (including phenoxy) is 3. The smallest absolute Gasteiger partial charge is 0.256 e. The maximum atomic E-state index is 13.2. The van der Waals surface area contributed by atoms with E-state index in [0.29, 0.717) is 35.8 Å². The number of carbonyl (C=O) groups is 1. The van der Waals surface area contributed by atoms with Gasteiger partial charge in [-0.2, -0.15) is 0 Å². The number of aliphatic hydroxyl groups is 1. The van der Waals surface area contributed by atoms with Crippen LogP contribution in [0.15, 0.2) is 89.9 Å². The molecule has 10 nitrogen and oxygen atoms in total. The minimum Gasteiger partial charge on any atom is -0.493 e. The highest BCUT2D eigenvalue weighted by Crippen LogP contribution is 2.35. The van der Waals surface area contributed by atoms with Gasteiger partial charge < -0.3 is 33.7 Å². The van der Waals surface area contributed by atoms with Gasteiger partial charge in [-0.15, -0.1) is 0 Å². The van der Waals surface area contributed by atoms with Crippen LogP contribution < -0.4 is 14.4 Å². The number of morpholine rings is 1. The van der Waals surface area contributed by atoms with E-state index in [-0.39, 0.29) is 18.6 Å². The Kier molecular flexibility index (Phi) is 10.2. The van der Waals surface area contributed by atoms with E-state index in [9.17, 15) is 9.90 Å². The molecule has 0 bridgehead atoms. The second kappa shape index (κ2) is 15.6. The van der Waals surface area contributed by atoms with Crippen molar-refractivity contribution in [2.24, 2.45) is 4.99 Å². The van der Waals surface area contributed by atoms with Crippen molar-refractivity contribution >= 4 is 34.5 Å². The van der Waals surface area contributed by atoms with Gasteiger partial charge in [0, 0.05) is 55.3 Å². The molecule has 2 saturated heterocycles. The van der Waals surface area contributed by atoms with E-state index < -0.39 is 0 Å². The van der Waals surface area contributed by atoms with Crippen LogP contribution in [0.2, 0.25) is 0 Å². The molecule has 3 aliphatic rings. The Balaban J connectivity index is 0.951. The van der Waals surface area contributed by atoms with Gasteiger partial charge in [-0.25, -0.2) is 4.98 Å². The van der Waals surface area contributed by atoms with Gasteiger partial charge in [0.25, 0.3) is 5.91 Å². The number of fused-ring (bicyclic) bond motifs is 3. The quantitative estimate of drug-likeness (QED) is 0.130. The highest BCUT2D eigenvalue weighted by atomic mass is 16.5. The lowest BCUT2D eigenvalue weighted by molar-refractivity contribution is 0.0774. The summed E-state index contributed by atoms with van der Waals surface area (Å²) in [5, 5.41) is 10.1. The molecule has 5 aromatic rings. The molecule has 1 atom stereocenters. The summed E-state index contributed by atoms with van der Waals surface area (Å²) in [6.07, 6.45) is 6.52. The second-order valence-electron chi connectivity index (χ2n) is 13.7. The molecule has 1 N–H and O–H groups in total. The SMILES string of the molecule is O=C1c2cc(CO)c(OCCCCCn3c(-c4ccc(OCc5ccccc5)cc4)nc4ccc(N5CCOCC5)cc43)cc2N=C[C@@H]2CCCN12. The topological polar surface area (TPSA) is 102 Å². The van der Waals surface area contributed by atoms with E-state index >= 15 is 0 Å². The molecule has 10 heteroatoms. The van der Waals surface area contributed by atoms with Gasteiger partial charge in [0.1, 0.15) is 23.9 Å². The molecule has 0 saturated carbocycles. The summed E-state index contributed by atoms with van der Waals surface area (Å²) in [4.78, 5) is 27.2. The maximum absolute atomic E-state index is 13.2. The molecule has 0 spiro atoms. The molecule has 2 fully saturated rings. The number of rotatable bonds is 13. The van der Waals surface area contributed by atoms with Crippen molar-refractivity contribution in [3.63, 3.8) is 0 Å². The average molecular weight is 700 g/mol. The molecule has 0 unspecified atom stereocenters.